The lowest BCUT2D eigenvalue weighted by Gasteiger charge is -2.18. The molecule has 0 amide bonds. The van der Waals surface area contributed by atoms with Crippen molar-refractivity contribution in [1.82, 2.24) is 0 Å². The Bertz CT molecular complexity index is 1650. The summed E-state index contributed by atoms with van der Waals surface area (Å²) in [6.07, 6.45) is 93.5. The second kappa shape index (κ2) is 67.3. The first kappa shape index (κ1) is 75.8. The summed E-state index contributed by atoms with van der Waals surface area (Å²) in [7, 11) is 0. The number of carbonyl (C=O) groups excluding carboxylic acids is 3. The number of hydrogen-bond acceptors (Lipinski definition) is 6. The van der Waals surface area contributed by atoms with Gasteiger partial charge in [0, 0.05) is 19.3 Å². The van der Waals surface area contributed by atoms with Gasteiger partial charge in [0.1, 0.15) is 13.2 Å². The first-order valence-electron chi connectivity index (χ1n) is 33.5. The van der Waals surface area contributed by atoms with E-state index in [0.29, 0.717) is 19.3 Å². The number of unbranched alkanes of at least 4 members (excludes halogenated alkanes) is 29. The van der Waals surface area contributed by atoms with Gasteiger partial charge in [-0.3, -0.25) is 14.4 Å². The fourth-order valence-corrected chi connectivity index (χ4v) is 9.15. The third-order valence-corrected chi connectivity index (χ3v) is 14.2. The maximum Gasteiger partial charge on any atom is 0.306 e. The van der Waals surface area contributed by atoms with Gasteiger partial charge in [0.05, 0.1) is 0 Å². The van der Waals surface area contributed by atoms with Crippen molar-refractivity contribution in [3.05, 3.63) is 122 Å². The number of hydrogen-bond donors (Lipinski definition) is 0. The molecule has 456 valence electrons. The molecule has 0 rings (SSSR count). The summed E-state index contributed by atoms with van der Waals surface area (Å²) >= 11 is 0. The first-order valence-corrected chi connectivity index (χ1v) is 33.5. The van der Waals surface area contributed by atoms with Crippen LogP contribution in [0.2, 0.25) is 0 Å². The lowest BCUT2D eigenvalue weighted by atomic mass is 10.1. The van der Waals surface area contributed by atoms with Crippen LogP contribution in [-0.4, -0.2) is 37.2 Å². The molecule has 6 nitrogen and oxygen atoms in total. The van der Waals surface area contributed by atoms with Gasteiger partial charge >= 0.3 is 17.9 Å². The molecule has 0 aromatic carbocycles. The van der Waals surface area contributed by atoms with Crippen LogP contribution < -0.4 is 0 Å². The highest BCUT2D eigenvalue weighted by molar-refractivity contribution is 5.71. The Kier molecular flexibility index (Phi) is 63.8. The minimum Gasteiger partial charge on any atom is -0.462 e. The molecule has 0 aliphatic carbocycles. The molecule has 0 fully saturated rings. The van der Waals surface area contributed by atoms with Crippen LogP contribution in [0, 0.1) is 0 Å². The summed E-state index contributed by atoms with van der Waals surface area (Å²) < 4.78 is 16.9. The van der Waals surface area contributed by atoms with Crippen LogP contribution in [0.4, 0.5) is 0 Å². The molecule has 0 aliphatic rings. The highest BCUT2D eigenvalue weighted by atomic mass is 16.6. The van der Waals surface area contributed by atoms with Gasteiger partial charge in [-0.05, 0) is 135 Å². The van der Waals surface area contributed by atoms with Crippen molar-refractivity contribution in [2.45, 2.75) is 316 Å². The third-order valence-electron chi connectivity index (χ3n) is 14.2. The molecule has 80 heavy (non-hydrogen) atoms. The molecule has 0 aromatic heterocycles. The Morgan fingerprint density at radius 2 is 0.487 bits per heavy atom. The minimum atomic E-state index is -0.794. The summed E-state index contributed by atoms with van der Waals surface area (Å²) in [5.74, 6) is -0.909. The van der Waals surface area contributed by atoms with E-state index >= 15 is 0 Å². The minimum absolute atomic E-state index is 0.0896. The van der Waals surface area contributed by atoms with E-state index in [1.165, 1.54) is 141 Å². The topological polar surface area (TPSA) is 78.9 Å². The first-order chi connectivity index (χ1) is 39.5. The quantitative estimate of drug-likeness (QED) is 0.0261. The largest absolute Gasteiger partial charge is 0.462 e. The number of ether oxygens (including phenoxy) is 3. The maximum atomic E-state index is 12.9. The Morgan fingerprint density at radius 3 is 0.800 bits per heavy atom. The van der Waals surface area contributed by atoms with E-state index in [9.17, 15) is 14.4 Å². The molecular formula is C74H124O6. The van der Waals surface area contributed by atoms with Crippen molar-refractivity contribution in [2.75, 3.05) is 13.2 Å². The summed E-state index contributed by atoms with van der Waals surface area (Å²) in [4.78, 5) is 38.3. The molecule has 0 radical (unpaired) electrons. The molecule has 0 aromatic rings. The van der Waals surface area contributed by atoms with Crippen LogP contribution in [0.5, 0.6) is 0 Å². The fraction of sp³-hybridized carbons (Fsp3) is 0.689. The summed E-state index contributed by atoms with van der Waals surface area (Å²) in [5.41, 5.74) is 0. The normalized spacial score (nSPS) is 12.9. The lowest BCUT2D eigenvalue weighted by molar-refractivity contribution is -0.167. The Hall–Kier alpha value is -4.19. The van der Waals surface area contributed by atoms with Crippen molar-refractivity contribution in [3.8, 4) is 0 Å². The number of rotatable bonds is 60. The van der Waals surface area contributed by atoms with E-state index in [1.54, 1.807) is 0 Å². The van der Waals surface area contributed by atoms with Crippen LogP contribution >= 0.6 is 0 Å². The summed E-state index contributed by atoms with van der Waals surface area (Å²) in [5, 5.41) is 0. The molecule has 1 unspecified atom stereocenters. The zero-order valence-electron chi connectivity index (χ0n) is 52.3. The van der Waals surface area contributed by atoms with E-state index < -0.39 is 6.10 Å². The van der Waals surface area contributed by atoms with E-state index in [0.717, 1.165) is 128 Å². The van der Waals surface area contributed by atoms with Crippen LogP contribution in [0.25, 0.3) is 0 Å². The van der Waals surface area contributed by atoms with Gasteiger partial charge in [-0.2, -0.15) is 0 Å². The van der Waals surface area contributed by atoms with E-state index in [-0.39, 0.29) is 31.1 Å². The van der Waals surface area contributed by atoms with Gasteiger partial charge < -0.3 is 14.2 Å². The van der Waals surface area contributed by atoms with Gasteiger partial charge in [-0.25, -0.2) is 0 Å². The molecule has 0 aliphatic heterocycles. The van der Waals surface area contributed by atoms with E-state index in [4.69, 9.17) is 14.2 Å². The number of esters is 3. The number of allylic oxidation sites excluding steroid dienone is 20. The molecule has 0 N–H and O–H groups in total. The van der Waals surface area contributed by atoms with Crippen LogP contribution in [0.3, 0.4) is 0 Å². The zero-order valence-corrected chi connectivity index (χ0v) is 52.3. The van der Waals surface area contributed by atoms with Gasteiger partial charge in [-0.15, -0.1) is 0 Å². The monoisotopic (exact) mass is 1110 g/mol. The van der Waals surface area contributed by atoms with Crippen molar-refractivity contribution in [3.63, 3.8) is 0 Å². The van der Waals surface area contributed by atoms with Gasteiger partial charge in [0.15, 0.2) is 6.10 Å². The van der Waals surface area contributed by atoms with Crippen molar-refractivity contribution >= 4 is 17.9 Å². The molecular weight excluding hydrogens is 985 g/mol. The van der Waals surface area contributed by atoms with Gasteiger partial charge in [0.25, 0.3) is 0 Å². The maximum absolute atomic E-state index is 12.9. The predicted octanol–water partition coefficient (Wildman–Crippen LogP) is 23.2. The third kappa shape index (κ3) is 64.6. The average Bonchev–Trinajstić information content (AvgIpc) is 3.46. The molecule has 0 heterocycles. The van der Waals surface area contributed by atoms with E-state index in [1.807, 2.05) is 0 Å². The molecule has 0 saturated heterocycles. The molecule has 1 atom stereocenters. The Labute approximate surface area is 494 Å². The second-order valence-corrected chi connectivity index (χ2v) is 22.0. The zero-order chi connectivity index (χ0) is 57.8. The summed E-state index contributed by atoms with van der Waals surface area (Å²) in [6.45, 7) is 6.49. The highest BCUT2D eigenvalue weighted by Crippen LogP contribution is 2.15. The van der Waals surface area contributed by atoms with E-state index in [2.05, 4.69) is 142 Å². The molecule has 0 spiro atoms. The highest BCUT2D eigenvalue weighted by Gasteiger charge is 2.19. The lowest BCUT2D eigenvalue weighted by Crippen LogP contribution is -2.30. The predicted molar refractivity (Wildman–Crippen MR) is 348 cm³/mol. The van der Waals surface area contributed by atoms with Crippen molar-refractivity contribution in [1.29, 1.82) is 0 Å². The molecule has 6 heteroatoms. The SMILES string of the molecule is CC/C=C\C/C=C\C/C=C\C/C=C\C/C=C\C/C=C\CCCCCCCCCCCCC(=O)OCC(COC(=O)CCCCCCC/C=C\CCCCC)OC(=O)CCCCCCCC/C=C\C/C=C\C/C=C\CCCCCCC. The smallest absolute Gasteiger partial charge is 0.306 e. The Morgan fingerprint density at radius 1 is 0.263 bits per heavy atom. The second-order valence-electron chi connectivity index (χ2n) is 22.0. The average molecular weight is 1110 g/mol. The Balaban J connectivity index is 4.32. The fourth-order valence-electron chi connectivity index (χ4n) is 9.15. The number of carbonyl (C=O) groups is 3. The van der Waals surface area contributed by atoms with Gasteiger partial charge in [-0.1, -0.05) is 277 Å². The molecule has 0 bridgehead atoms. The summed E-state index contributed by atoms with van der Waals surface area (Å²) in [6, 6.07) is 0. The van der Waals surface area contributed by atoms with Crippen molar-refractivity contribution < 1.29 is 28.6 Å². The van der Waals surface area contributed by atoms with Crippen LogP contribution in [0.15, 0.2) is 122 Å². The van der Waals surface area contributed by atoms with Gasteiger partial charge in [0.2, 0.25) is 0 Å². The van der Waals surface area contributed by atoms with Crippen LogP contribution in [-0.2, 0) is 28.6 Å². The standard InChI is InChI=1S/C74H124O6/c1-4-7-10-13-16-19-22-25-27-29-31-33-34-35-36-37-38-39-40-42-43-45-47-49-52-55-58-61-64-67-73(76)79-70-71(69-78-72(75)66-63-60-57-54-51-24-21-18-15-12-9-6-3)80-74(77)68-65-62-59-56-53-50-48-46-44-41-32-30-28-26-23-20-17-14-11-8-5-2/h7,10,16,18-19,21,23,25-27,30-33,35-36,38-39,44,46,71H,4-6,8-9,11-15,17,20,22,24,28-29,34,37,40-43,45,47-70H2,1-3H3/b10-7-,19-16-,21-18-,26-23-,27-25-,32-30-,33-31-,36-35-,39-38-,46-44-. The molecule has 0 saturated carbocycles. The van der Waals surface area contributed by atoms with Crippen molar-refractivity contribution in [2.24, 2.45) is 0 Å². The van der Waals surface area contributed by atoms with Crippen LogP contribution in [0.1, 0.15) is 310 Å².